The maximum atomic E-state index is 11.0. The van der Waals surface area contributed by atoms with Gasteiger partial charge in [0, 0.05) is 12.6 Å². The number of rotatable bonds is 12. The van der Waals surface area contributed by atoms with Crippen LogP contribution in [0.3, 0.4) is 0 Å². The first kappa shape index (κ1) is 22.0. The van der Waals surface area contributed by atoms with E-state index in [0.717, 1.165) is 31.2 Å². The Morgan fingerprint density at radius 3 is 2.24 bits per heavy atom. The van der Waals surface area contributed by atoms with Crippen LogP contribution in [0.4, 0.5) is 0 Å². The van der Waals surface area contributed by atoms with Crippen LogP contribution in [-0.2, 0) is 6.54 Å². The molecule has 1 atom stereocenters. The molecule has 25 heavy (non-hydrogen) atoms. The Balaban J connectivity index is 2.91. The van der Waals surface area contributed by atoms with Gasteiger partial charge in [-0.2, -0.15) is 0 Å². The first-order valence-electron chi connectivity index (χ1n) is 10.1. The maximum absolute atomic E-state index is 11.0. The van der Waals surface area contributed by atoms with Gasteiger partial charge in [-0.1, -0.05) is 89.5 Å². The molecule has 2 nitrogen and oxygen atoms in total. The van der Waals surface area contributed by atoms with Gasteiger partial charge in [0.2, 0.25) is 0 Å². The third-order valence-corrected chi connectivity index (χ3v) is 6.45. The molecule has 0 spiro atoms. The van der Waals surface area contributed by atoms with Gasteiger partial charge in [0.05, 0.1) is 5.38 Å². The predicted octanol–water partition coefficient (Wildman–Crippen LogP) is 6.60. The van der Waals surface area contributed by atoms with Crippen LogP contribution in [0.5, 0.6) is 0 Å². The third-order valence-electron chi connectivity index (χ3n) is 4.71. The summed E-state index contributed by atoms with van der Waals surface area (Å²) in [5.41, 5.74) is 2.59. The molecule has 0 aliphatic rings. The molecule has 0 fully saturated rings. The molecule has 3 heteroatoms. The van der Waals surface area contributed by atoms with Gasteiger partial charge < -0.3 is 10.4 Å². The number of hydrogen-bond acceptors (Lipinski definition) is 2. The second kappa shape index (κ2) is 11.5. The summed E-state index contributed by atoms with van der Waals surface area (Å²) in [4.78, 5) is 0. The lowest BCUT2D eigenvalue weighted by Gasteiger charge is -2.27. The van der Waals surface area contributed by atoms with Crippen LogP contribution in [0, 0.1) is 0 Å². The Morgan fingerprint density at radius 2 is 1.68 bits per heavy atom. The first-order valence-corrected chi connectivity index (χ1v) is 13.6. The van der Waals surface area contributed by atoms with E-state index >= 15 is 0 Å². The minimum absolute atomic E-state index is 0.290. The van der Waals surface area contributed by atoms with E-state index in [9.17, 15) is 5.11 Å². The van der Waals surface area contributed by atoms with Gasteiger partial charge >= 0.3 is 0 Å². The van der Waals surface area contributed by atoms with E-state index in [1.807, 2.05) is 0 Å². The number of aliphatic hydroxyl groups excluding tert-OH is 1. The Morgan fingerprint density at radius 1 is 1.00 bits per heavy atom. The molecule has 1 rings (SSSR count). The van der Waals surface area contributed by atoms with E-state index in [1.54, 1.807) is 0 Å². The lowest BCUT2D eigenvalue weighted by molar-refractivity contribution is 0.409. The molecule has 0 aromatic heterocycles. The van der Waals surface area contributed by atoms with E-state index in [0.29, 0.717) is 6.04 Å². The fraction of sp³-hybridized carbons (Fsp3) is 0.636. The predicted molar refractivity (Wildman–Crippen MR) is 114 cm³/mol. The molecular formula is C22H39NOSi. The van der Waals surface area contributed by atoms with Gasteiger partial charge in [-0.25, -0.2) is 0 Å². The molecule has 0 aliphatic heterocycles. The molecule has 1 unspecified atom stereocenters. The van der Waals surface area contributed by atoms with Crippen molar-refractivity contribution in [2.75, 3.05) is 0 Å². The van der Waals surface area contributed by atoms with Crippen LogP contribution in [0.1, 0.15) is 64.4 Å². The highest BCUT2D eigenvalue weighted by Gasteiger charge is 2.26. The molecule has 0 bridgehead atoms. The normalized spacial score (nSPS) is 14.3. The summed E-state index contributed by atoms with van der Waals surface area (Å²) in [6.45, 7) is 12.1. The second-order valence-electron chi connectivity index (χ2n) is 8.14. The molecule has 0 radical (unpaired) electrons. The van der Waals surface area contributed by atoms with Crippen molar-refractivity contribution in [3.05, 3.63) is 46.9 Å². The van der Waals surface area contributed by atoms with Crippen molar-refractivity contribution < 1.29 is 5.11 Å². The van der Waals surface area contributed by atoms with Crippen molar-refractivity contribution in [1.29, 1.82) is 0 Å². The zero-order valence-corrected chi connectivity index (χ0v) is 18.1. The average molecular weight is 362 g/mol. The Labute approximate surface area is 156 Å². The topological polar surface area (TPSA) is 32.3 Å². The van der Waals surface area contributed by atoms with Crippen LogP contribution in [0.15, 0.2) is 41.3 Å². The first-order chi connectivity index (χ1) is 11.9. The average Bonchev–Trinajstić information content (AvgIpc) is 2.59. The van der Waals surface area contributed by atoms with E-state index in [1.165, 1.54) is 36.8 Å². The van der Waals surface area contributed by atoms with Crippen molar-refractivity contribution >= 4 is 8.07 Å². The zero-order chi connectivity index (χ0) is 18.7. The largest absolute Gasteiger partial charge is 0.517 e. The number of unbranched alkanes of at least 4 members (excludes halogenated alkanes) is 3. The number of aliphatic hydroxyl groups is 1. The van der Waals surface area contributed by atoms with Crippen molar-refractivity contribution in [2.45, 2.75) is 91.0 Å². The van der Waals surface area contributed by atoms with Crippen LogP contribution in [0.2, 0.25) is 19.6 Å². The van der Waals surface area contributed by atoms with E-state index in [2.05, 4.69) is 69.1 Å². The molecular weight excluding hydrogens is 322 g/mol. The van der Waals surface area contributed by atoms with Gasteiger partial charge in [0.1, 0.15) is 8.07 Å². The summed E-state index contributed by atoms with van der Waals surface area (Å²) >= 11 is 0. The lowest BCUT2D eigenvalue weighted by Crippen LogP contribution is -2.35. The van der Waals surface area contributed by atoms with Gasteiger partial charge in [0.25, 0.3) is 0 Å². The Kier molecular flexibility index (Phi) is 10.1. The minimum atomic E-state index is -1.70. The molecule has 0 amide bonds. The molecule has 2 N–H and O–H groups in total. The lowest BCUT2D eigenvalue weighted by atomic mass is 9.97. The maximum Gasteiger partial charge on any atom is 0.122 e. The molecule has 1 aromatic carbocycles. The Bertz CT molecular complexity index is 505. The van der Waals surface area contributed by atoms with Crippen molar-refractivity contribution in [3.8, 4) is 0 Å². The minimum Gasteiger partial charge on any atom is -0.517 e. The highest BCUT2D eigenvalue weighted by atomic mass is 28.3. The standard InChI is InChI=1S/C22H39NOSi/c1-6-8-9-13-17-20(22(24)25(3,4)5)21(14-7-2)23-18-19-15-11-10-12-16-19/h10-12,15-16,21,23-24H,6-9,13-14,17-18H2,1-5H3/b22-20+. The number of nitrogens with one attached hydrogen (secondary N) is 1. The van der Waals surface area contributed by atoms with Crippen molar-refractivity contribution in [3.63, 3.8) is 0 Å². The monoisotopic (exact) mass is 361 g/mol. The van der Waals surface area contributed by atoms with Gasteiger partial charge in [-0.15, -0.1) is 0 Å². The fourth-order valence-corrected chi connectivity index (χ4v) is 4.47. The van der Waals surface area contributed by atoms with E-state index in [4.69, 9.17) is 0 Å². The second-order valence-corrected chi connectivity index (χ2v) is 13.1. The Hall–Kier alpha value is -1.06. The van der Waals surface area contributed by atoms with E-state index < -0.39 is 8.07 Å². The van der Waals surface area contributed by atoms with Crippen molar-refractivity contribution in [1.82, 2.24) is 5.32 Å². The molecule has 0 saturated heterocycles. The molecule has 0 heterocycles. The third kappa shape index (κ3) is 8.24. The molecule has 1 aromatic rings. The quantitative estimate of drug-likeness (QED) is 0.249. The molecule has 142 valence electrons. The highest BCUT2D eigenvalue weighted by Crippen LogP contribution is 2.25. The molecule has 0 aliphatic carbocycles. The van der Waals surface area contributed by atoms with E-state index in [-0.39, 0.29) is 0 Å². The SMILES string of the molecule is CCCCCC/C(=C(/O)[Si](C)(C)C)C(CCC)NCc1ccccc1. The van der Waals surface area contributed by atoms with Crippen LogP contribution >= 0.6 is 0 Å². The smallest absolute Gasteiger partial charge is 0.122 e. The van der Waals surface area contributed by atoms with Crippen molar-refractivity contribution in [2.24, 2.45) is 0 Å². The number of benzene rings is 1. The summed E-state index contributed by atoms with van der Waals surface area (Å²) in [6.07, 6.45) is 8.24. The fourth-order valence-electron chi connectivity index (χ4n) is 3.21. The summed E-state index contributed by atoms with van der Waals surface area (Å²) in [6, 6.07) is 10.9. The van der Waals surface area contributed by atoms with Crippen LogP contribution < -0.4 is 5.32 Å². The van der Waals surface area contributed by atoms with Gasteiger partial charge in [-0.3, -0.25) is 0 Å². The van der Waals surface area contributed by atoms with Crippen LogP contribution in [-0.4, -0.2) is 19.2 Å². The zero-order valence-electron chi connectivity index (χ0n) is 17.1. The summed E-state index contributed by atoms with van der Waals surface area (Å²) in [5.74, 6) is 0. The number of hydrogen-bond donors (Lipinski definition) is 2. The molecule has 0 saturated carbocycles. The summed E-state index contributed by atoms with van der Waals surface area (Å²) in [5, 5.41) is 15.5. The summed E-state index contributed by atoms with van der Waals surface area (Å²) in [7, 11) is -1.70. The summed E-state index contributed by atoms with van der Waals surface area (Å²) < 4.78 is 0. The van der Waals surface area contributed by atoms with Gasteiger partial charge in [-0.05, 0) is 30.4 Å². The van der Waals surface area contributed by atoms with Gasteiger partial charge in [0.15, 0.2) is 0 Å². The highest BCUT2D eigenvalue weighted by molar-refractivity contribution is 6.82. The van der Waals surface area contributed by atoms with Crippen LogP contribution in [0.25, 0.3) is 0 Å².